The number of ether oxygens (including phenoxy) is 1. The number of hydrogen-bond acceptors (Lipinski definition) is 6. The van der Waals surface area contributed by atoms with E-state index in [0.717, 1.165) is 10.5 Å². The number of Topliss-reactive ketones (excluding diaryl/α,β-unsaturated/α-hetero) is 1. The number of aliphatic hydroxyl groups excluding tert-OH is 1. The normalized spacial score (nSPS) is 17.6. The van der Waals surface area contributed by atoms with E-state index in [4.69, 9.17) is 16.3 Å². The Morgan fingerprint density at radius 3 is 2.59 bits per heavy atom. The maximum absolute atomic E-state index is 13.2. The van der Waals surface area contributed by atoms with Gasteiger partial charge in [0.1, 0.15) is 23.3 Å². The number of nitrogens with zero attached hydrogens (tertiary/aromatic N) is 2. The molecule has 7 nitrogen and oxygen atoms in total. The molecule has 3 aromatic rings. The molecule has 2 N–H and O–H groups in total. The lowest BCUT2D eigenvalue weighted by molar-refractivity contribution is -0.132. The molecule has 32 heavy (non-hydrogen) atoms. The van der Waals surface area contributed by atoms with Crippen molar-refractivity contribution < 1.29 is 24.5 Å². The number of amides is 1. The number of phenols is 1. The summed E-state index contributed by atoms with van der Waals surface area (Å²) in [6.07, 6.45) is 1.52. The predicted molar refractivity (Wildman–Crippen MR) is 120 cm³/mol. The Balaban J connectivity index is 2.00. The number of aryl methyl sites for hydroxylation is 1. The molecular weight excluding hydrogens is 432 g/mol. The minimum Gasteiger partial charge on any atom is -0.507 e. The highest BCUT2D eigenvalue weighted by Gasteiger charge is 2.48. The molecule has 1 aromatic heterocycles. The van der Waals surface area contributed by atoms with Gasteiger partial charge >= 0.3 is 0 Å². The van der Waals surface area contributed by atoms with Crippen LogP contribution in [0, 0.1) is 6.92 Å². The standard InChI is InChI=1S/C24H19ClN2O5/c1-13-6-9-19(28)18(11-13)27-21(17-5-3-4-10-26-17)20(23(30)24(27)31)22(29)15-12-14(32-2)7-8-16(15)25/h3-12,21,28-29H,1-2H3/b22-20+. The van der Waals surface area contributed by atoms with Gasteiger partial charge in [-0.15, -0.1) is 0 Å². The number of aromatic hydroxyl groups is 1. The van der Waals surface area contributed by atoms with E-state index in [9.17, 15) is 19.8 Å². The van der Waals surface area contributed by atoms with Crippen molar-refractivity contribution in [3.63, 3.8) is 0 Å². The SMILES string of the molecule is COc1ccc(Cl)c(/C(O)=C2\C(=O)C(=O)N(c3cc(C)ccc3O)C2c2ccccn2)c1. The fourth-order valence-corrected chi connectivity index (χ4v) is 3.89. The lowest BCUT2D eigenvalue weighted by Crippen LogP contribution is -2.30. The van der Waals surface area contributed by atoms with E-state index < -0.39 is 23.5 Å². The third-order valence-corrected chi connectivity index (χ3v) is 5.56. The summed E-state index contributed by atoms with van der Waals surface area (Å²) in [7, 11) is 1.46. The van der Waals surface area contributed by atoms with Gasteiger partial charge in [-0.2, -0.15) is 0 Å². The molecule has 0 radical (unpaired) electrons. The second-order valence-electron chi connectivity index (χ2n) is 7.26. The summed E-state index contributed by atoms with van der Waals surface area (Å²) in [6.45, 7) is 1.80. The first-order valence-electron chi connectivity index (χ1n) is 9.69. The van der Waals surface area contributed by atoms with Gasteiger partial charge in [0, 0.05) is 11.8 Å². The van der Waals surface area contributed by atoms with Gasteiger partial charge in [-0.3, -0.25) is 19.5 Å². The molecule has 4 rings (SSSR count). The summed E-state index contributed by atoms with van der Waals surface area (Å²) in [4.78, 5) is 31.8. The predicted octanol–water partition coefficient (Wildman–Crippen LogP) is 4.38. The number of pyridine rings is 1. The molecule has 1 atom stereocenters. The van der Waals surface area contributed by atoms with E-state index in [0.29, 0.717) is 11.4 Å². The van der Waals surface area contributed by atoms with Gasteiger partial charge in [0.2, 0.25) is 0 Å². The zero-order valence-electron chi connectivity index (χ0n) is 17.2. The number of phenolic OH excluding ortho intramolecular Hbond substituents is 1. The van der Waals surface area contributed by atoms with Crippen molar-refractivity contribution in [3.05, 3.63) is 88.2 Å². The number of benzene rings is 2. The van der Waals surface area contributed by atoms with Gasteiger partial charge < -0.3 is 14.9 Å². The Kier molecular flexibility index (Phi) is 5.59. The van der Waals surface area contributed by atoms with Crippen molar-refractivity contribution in [1.29, 1.82) is 0 Å². The monoisotopic (exact) mass is 450 g/mol. The van der Waals surface area contributed by atoms with Gasteiger partial charge in [0.15, 0.2) is 0 Å². The van der Waals surface area contributed by atoms with E-state index in [-0.39, 0.29) is 27.6 Å². The number of aromatic nitrogens is 1. The Morgan fingerprint density at radius 2 is 1.91 bits per heavy atom. The van der Waals surface area contributed by atoms with E-state index in [1.807, 2.05) is 0 Å². The lowest BCUT2D eigenvalue weighted by atomic mass is 9.98. The van der Waals surface area contributed by atoms with Crippen LogP contribution in [0.25, 0.3) is 5.76 Å². The molecule has 1 amide bonds. The molecule has 1 aliphatic rings. The molecule has 2 heterocycles. The number of anilines is 1. The summed E-state index contributed by atoms with van der Waals surface area (Å²) < 4.78 is 5.20. The molecule has 162 valence electrons. The third kappa shape index (κ3) is 3.56. The zero-order chi connectivity index (χ0) is 23.0. The fraction of sp³-hybridized carbons (Fsp3) is 0.125. The van der Waals surface area contributed by atoms with Gasteiger partial charge in [0.25, 0.3) is 11.7 Å². The van der Waals surface area contributed by atoms with Crippen molar-refractivity contribution in [2.75, 3.05) is 12.0 Å². The summed E-state index contributed by atoms with van der Waals surface area (Å²) >= 11 is 6.29. The number of halogens is 1. The highest BCUT2D eigenvalue weighted by molar-refractivity contribution is 6.52. The van der Waals surface area contributed by atoms with Gasteiger partial charge in [-0.05, 0) is 55.0 Å². The molecule has 1 fully saturated rings. The number of hydrogen-bond donors (Lipinski definition) is 2. The molecule has 0 saturated carbocycles. The van der Waals surface area contributed by atoms with E-state index in [1.54, 1.807) is 43.3 Å². The fourth-order valence-electron chi connectivity index (χ4n) is 3.68. The Labute approximate surface area is 189 Å². The third-order valence-electron chi connectivity index (χ3n) is 5.23. The second-order valence-corrected chi connectivity index (χ2v) is 7.67. The van der Waals surface area contributed by atoms with Crippen LogP contribution in [0.5, 0.6) is 11.5 Å². The lowest BCUT2D eigenvalue weighted by Gasteiger charge is -2.25. The van der Waals surface area contributed by atoms with E-state index in [1.165, 1.54) is 31.5 Å². The molecule has 1 saturated heterocycles. The number of carbonyl (C=O) groups excluding carboxylic acids is 2. The molecular formula is C24H19ClN2O5. The summed E-state index contributed by atoms with van der Waals surface area (Å²) in [5.41, 5.74) is 1.20. The number of aliphatic hydroxyl groups is 1. The number of carbonyl (C=O) groups is 2. The van der Waals surface area contributed by atoms with Crippen LogP contribution in [0.4, 0.5) is 5.69 Å². The average molecular weight is 451 g/mol. The van der Waals surface area contributed by atoms with Crippen molar-refractivity contribution in [2.24, 2.45) is 0 Å². The van der Waals surface area contributed by atoms with Gasteiger partial charge in [0.05, 0.1) is 29.1 Å². The van der Waals surface area contributed by atoms with Crippen LogP contribution in [-0.2, 0) is 9.59 Å². The average Bonchev–Trinajstić information content (AvgIpc) is 3.06. The van der Waals surface area contributed by atoms with Crippen molar-refractivity contribution in [3.8, 4) is 11.5 Å². The minimum absolute atomic E-state index is 0.137. The quantitative estimate of drug-likeness (QED) is 0.347. The van der Waals surface area contributed by atoms with Crippen LogP contribution in [0.3, 0.4) is 0 Å². The Hall–Kier alpha value is -3.84. The Bertz CT molecular complexity index is 1260. The first-order valence-corrected chi connectivity index (χ1v) is 10.1. The molecule has 2 aromatic carbocycles. The minimum atomic E-state index is -1.08. The van der Waals surface area contributed by atoms with E-state index >= 15 is 0 Å². The highest BCUT2D eigenvalue weighted by Crippen LogP contribution is 2.45. The smallest absolute Gasteiger partial charge is 0.300 e. The van der Waals surface area contributed by atoms with Crippen LogP contribution in [0.15, 0.2) is 66.4 Å². The summed E-state index contributed by atoms with van der Waals surface area (Å²) in [6, 6.07) is 13.3. The van der Waals surface area contributed by atoms with Crippen LogP contribution in [0.1, 0.15) is 22.9 Å². The molecule has 8 heteroatoms. The van der Waals surface area contributed by atoms with Crippen LogP contribution >= 0.6 is 11.6 Å². The van der Waals surface area contributed by atoms with Gasteiger partial charge in [-0.25, -0.2) is 0 Å². The first-order chi connectivity index (χ1) is 15.3. The topological polar surface area (TPSA) is 100.0 Å². The number of ketones is 1. The Morgan fingerprint density at radius 1 is 1.12 bits per heavy atom. The largest absolute Gasteiger partial charge is 0.507 e. The molecule has 0 spiro atoms. The molecule has 1 unspecified atom stereocenters. The van der Waals surface area contributed by atoms with Crippen LogP contribution in [0.2, 0.25) is 5.02 Å². The maximum Gasteiger partial charge on any atom is 0.300 e. The number of methoxy groups -OCH3 is 1. The molecule has 1 aliphatic heterocycles. The molecule has 0 aliphatic carbocycles. The number of rotatable bonds is 4. The first kappa shape index (κ1) is 21.4. The van der Waals surface area contributed by atoms with Crippen LogP contribution in [-0.4, -0.2) is 34.0 Å². The van der Waals surface area contributed by atoms with Crippen molar-refractivity contribution in [1.82, 2.24) is 4.98 Å². The highest BCUT2D eigenvalue weighted by atomic mass is 35.5. The summed E-state index contributed by atoms with van der Waals surface area (Å²) in [5.74, 6) is -2.05. The van der Waals surface area contributed by atoms with E-state index in [2.05, 4.69) is 4.98 Å². The zero-order valence-corrected chi connectivity index (χ0v) is 18.0. The van der Waals surface area contributed by atoms with Crippen molar-refractivity contribution >= 4 is 34.7 Å². The van der Waals surface area contributed by atoms with Crippen LogP contribution < -0.4 is 9.64 Å². The van der Waals surface area contributed by atoms with Gasteiger partial charge in [-0.1, -0.05) is 23.7 Å². The summed E-state index contributed by atoms with van der Waals surface area (Å²) in [5, 5.41) is 21.8. The molecule has 0 bridgehead atoms. The maximum atomic E-state index is 13.2. The second kappa shape index (κ2) is 8.36. The van der Waals surface area contributed by atoms with Crippen molar-refractivity contribution in [2.45, 2.75) is 13.0 Å².